The first kappa shape index (κ1) is 19.6. The van der Waals surface area contributed by atoms with Gasteiger partial charge in [-0.3, -0.25) is 19.3 Å². The van der Waals surface area contributed by atoms with Crippen LogP contribution in [0.3, 0.4) is 0 Å². The Hall–Kier alpha value is -3.69. The molecule has 0 aromatic carbocycles. The van der Waals surface area contributed by atoms with E-state index in [9.17, 15) is 18.0 Å². The normalized spacial score (nSPS) is 12.8. The first-order valence-corrected chi connectivity index (χ1v) is 9.05. The number of rotatable bonds is 4. The number of imidazole rings is 1. The summed E-state index contributed by atoms with van der Waals surface area (Å²) in [5.41, 5.74) is 2.05. The molecule has 4 rings (SSSR count). The number of hydrogen-bond acceptors (Lipinski definition) is 4. The quantitative estimate of drug-likeness (QED) is 0.532. The van der Waals surface area contributed by atoms with Gasteiger partial charge in [-0.25, -0.2) is 4.98 Å². The Kier molecular flexibility index (Phi) is 4.76. The SMILES string of the molecule is Cc1n[nH]c(C)c1-c1nc(C(=O)NC(c2ccccn2)C(F)(F)F)c2ccccn12. The highest BCUT2D eigenvalue weighted by Gasteiger charge is 2.43. The zero-order valence-corrected chi connectivity index (χ0v) is 16.0. The Labute approximate surface area is 169 Å². The maximum Gasteiger partial charge on any atom is 0.414 e. The van der Waals surface area contributed by atoms with Crippen molar-refractivity contribution in [2.24, 2.45) is 0 Å². The summed E-state index contributed by atoms with van der Waals surface area (Å²) in [6, 6.07) is 6.95. The minimum atomic E-state index is -4.72. The molecule has 30 heavy (non-hydrogen) atoms. The first-order chi connectivity index (χ1) is 14.3. The zero-order valence-electron chi connectivity index (χ0n) is 16.0. The molecule has 0 radical (unpaired) electrons. The fraction of sp³-hybridized carbons (Fsp3) is 0.200. The maximum atomic E-state index is 13.6. The van der Waals surface area contributed by atoms with E-state index in [0.717, 1.165) is 5.69 Å². The average Bonchev–Trinajstić information content (AvgIpc) is 3.25. The van der Waals surface area contributed by atoms with Crippen molar-refractivity contribution in [1.29, 1.82) is 0 Å². The minimum Gasteiger partial charge on any atom is -0.334 e. The molecule has 1 atom stereocenters. The first-order valence-electron chi connectivity index (χ1n) is 9.05. The summed E-state index contributed by atoms with van der Waals surface area (Å²) in [7, 11) is 0. The van der Waals surface area contributed by atoms with Crippen molar-refractivity contribution < 1.29 is 18.0 Å². The summed E-state index contributed by atoms with van der Waals surface area (Å²) in [5, 5.41) is 9.03. The molecule has 0 bridgehead atoms. The van der Waals surface area contributed by atoms with Gasteiger partial charge in [0.1, 0.15) is 5.82 Å². The number of aromatic nitrogens is 5. The standard InChI is InChI=1S/C20H17F3N6O/c1-11-15(12(2)28-27-11)18-25-16(14-8-4-6-10-29(14)18)19(30)26-17(20(21,22)23)13-7-3-5-9-24-13/h3-10,17H,1-2H3,(H,26,30)(H,27,28). The molecule has 2 N–H and O–H groups in total. The van der Waals surface area contributed by atoms with Gasteiger partial charge in [-0.1, -0.05) is 12.1 Å². The van der Waals surface area contributed by atoms with Gasteiger partial charge in [0.25, 0.3) is 5.91 Å². The Bertz CT molecular complexity index is 1190. The summed E-state index contributed by atoms with van der Waals surface area (Å²) >= 11 is 0. The van der Waals surface area contributed by atoms with Crippen molar-refractivity contribution in [3.05, 3.63) is 71.6 Å². The van der Waals surface area contributed by atoms with Gasteiger partial charge in [0.05, 0.1) is 22.5 Å². The fourth-order valence-electron chi connectivity index (χ4n) is 3.33. The number of nitrogens with one attached hydrogen (secondary N) is 2. The number of pyridine rings is 2. The Morgan fingerprint density at radius 2 is 1.93 bits per heavy atom. The molecule has 4 aromatic rings. The Balaban J connectivity index is 1.79. The summed E-state index contributed by atoms with van der Waals surface area (Å²) in [4.78, 5) is 21.0. The van der Waals surface area contributed by atoms with Crippen molar-refractivity contribution in [3.63, 3.8) is 0 Å². The van der Waals surface area contributed by atoms with Crippen LogP contribution in [0.5, 0.6) is 0 Å². The molecule has 1 amide bonds. The van der Waals surface area contributed by atoms with Crippen LogP contribution in [0.4, 0.5) is 13.2 Å². The molecule has 154 valence electrons. The van der Waals surface area contributed by atoms with Crippen molar-refractivity contribution in [2.45, 2.75) is 26.1 Å². The predicted molar refractivity (Wildman–Crippen MR) is 103 cm³/mol. The van der Waals surface area contributed by atoms with Gasteiger partial charge < -0.3 is 5.32 Å². The van der Waals surface area contributed by atoms with E-state index in [-0.39, 0.29) is 11.4 Å². The monoisotopic (exact) mass is 414 g/mol. The van der Waals surface area contributed by atoms with Crippen molar-refractivity contribution in [2.75, 3.05) is 0 Å². The molecule has 0 saturated carbocycles. The summed E-state index contributed by atoms with van der Waals surface area (Å²) in [6.45, 7) is 3.59. The lowest BCUT2D eigenvalue weighted by Crippen LogP contribution is -2.38. The van der Waals surface area contributed by atoms with E-state index >= 15 is 0 Å². The minimum absolute atomic E-state index is 0.115. The van der Waals surface area contributed by atoms with Crippen LogP contribution >= 0.6 is 0 Å². The Morgan fingerprint density at radius 1 is 1.17 bits per heavy atom. The van der Waals surface area contributed by atoms with Crippen LogP contribution in [0, 0.1) is 13.8 Å². The highest BCUT2D eigenvalue weighted by molar-refractivity contribution is 6.00. The van der Waals surface area contributed by atoms with Gasteiger partial charge in [0.15, 0.2) is 11.7 Å². The highest BCUT2D eigenvalue weighted by atomic mass is 19.4. The highest BCUT2D eigenvalue weighted by Crippen LogP contribution is 2.32. The van der Waals surface area contributed by atoms with E-state index in [4.69, 9.17) is 0 Å². The number of aryl methyl sites for hydroxylation is 2. The second-order valence-corrected chi connectivity index (χ2v) is 6.75. The van der Waals surface area contributed by atoms with Gasteiger partial charge in [0.2, 0.25) is 0 Å². The molecule has 0 aliphatic heterocycles. The van der Waals surface area contributed by atoms with E-state index in [0.29, 0.717) is 22.6 Å². The van der Waals surface area contributed by atoms with E-state index in [1.807, 2.05) is 5.32 Å². The molecule has 1 unspecified atom stereocenters. The molecule has 10 heteroatoms. The number of amides is 1. The molecule has 0 spiro atoms. The summed E-state index contributed by atoms with van der Waals surface area (Å²) in [6.07, 6.45) is -1.78. The predicted octanol–water partition coefficient (Wildman–Crippen LogP) is 3.77. The number of hydrogen-bond donors (Lipinski definition) is 2. The van der Waals surface area contributed by atoms with E-state index in [1.54, 1.807) is 42.6 Å². The fourth-order valence-corrected chi connectivity index (χ4v) is 3.33. The third-order valence-electron chi connectivity index (χ3n) is 4.70. The van der Waals surface area contributed by atoms with Crippen LogP contribution < -0.4 is 5.32 Å². The number of halogens is 3. The van der Waals surface area contributed by atoms with Gasteiger partial charge in [-0.15, -0.1) is 0 Å². The molecular formula is C20H17F3N6O. The summed E-state index contributed by atoms with van der Waals surface area (Å²) in [5.74, 6) is -0.530. The molecule has 0 aliphatic rings. The van der Waals surface area contributed by atoms with Crippen LogP contribution in [0.1, 0.15) is 33.6 Å². The van der Waals surface area contributed by atoms with Crippen LogP contribution in [0.25, 0.3) is 16.9 Å². The molecule has 0 aliphatic carbocycles. The largest absolute Gasteiger partial charge is 0.414 e. The third-order valence-corrected chi connectivity index (χ3v) is 4.70. The molecular weight excluding hydrogens is 397 g/mol. The second-order valence-electron chi connectivity index (χ2n) is 6.75. The number of carbonyl (C=O) groups excluding carboxylic acids is 1. The number of carbonyl (C=O) groups is 1. The van der Waals surface area contributed by atoms with Gasteiger partial charge in [-0.2, -0.15) is 18.3 Å². The Morgan fingerprint density at radius 3 is 2.57 bits per heavy atom. The number of nitrogens with zero attached hydrogens (tertiary/aromatic N) is 4. The van der Waals surface area contributed by atoms with Crippen LogP contribution in [0.2, 0.25) is 0 Å². The number of aromatic amines is 1. The van der Waals surface area contributed by atoms with Gasteiger partial charge >= 0.3 is 6.18 Å². The second kappa shape index (κ2) is 7.29. The molecule has 4 aromatic heterocycles. The van der Waals surface area contributed by atoms with Gasteiger partial charge in [0, 0.05) is 18.1 Å². The molecule has 0 fully saturated rings. The van der Waals surface area contributed by atoms with E-state index in [1.165, 1.54) is 24.4 Å². The number of H-pyrrole nitrogens is 1. The smallest absolute Gasteiger partial charge is 0.334 e. The number of alkyl halides is 3. The van der Waals surface area contributed by atoms with E-state index < -0.39 is 18.1 Å². The molecule has 4 heterocycles. The maximum absolute atomic E-state index is 13.6. The van der Waals surface area contributed by atoms with Crippen molar-refractivity contribution >= 4 is 11.4 Å². The lowest BCUT2D eigenvalue weighted by atomic mass is 10.1. The molecule has 7 nitrogen and oxygen atoms in total. The topological polar surface area (TPSA) is 88.0 Å². The van der Waals surface area contributed by atoms with Gasteiger partial charge in [-0.05, 0) is 38.1 Å². The van der Waals surface area contributed by atoms with Crippen molar-refractivity contribution in [1.82, 2.24) is 29.9 Å². The molecule has 0 saturated heterocycles. The lowest BCUT2D eigenvalue weighted by molar-refractivity contribution is -0.156. The zero-order chi connectivity index (χ0) is 21.5. The average molecular weight is 414 g/mol. The number of fused-ring (bicyclic) bond motifs is 1. The lowest BCUT2D eigenvalue weighted by Gasteiger charge is -2.20. The van der Waals surface area contributed by atoms with Crippen LogP contribution in [-0.2, 0) is 0 Å². The summed E-state index contributed by atoms with van der Waals surface area (Å²) < 4.78 is 42.6. The van der Waals surface area contributed by atoms with Crippen LogP contribution in [0.15, 0.2) is 48.8 Å². The van der Waals surface area contributed by atoms with Crippen LogP contribution in [-0.4, -0.2) is 36.6 Å². The van der Waals surface area contributed by atoms with E-state index in [2.05, 4.69) is 20.2 Å². The van der Waals surface area contributed by atoms with Crippen molar-refractivity contribution in [3.8, 4) is 11.4 Å². The third kappa shape index (κ3) is 3.40.